The Bertz CT molecular complexity index is 794. The topological polar surface area (TPSA) is 92.0 Å². The lowest BCUT2D eigenvalue weighted by Crippen LogP contribution is -2.55. The summed E-state index contributed by atoms with van der Waals surface area (Å²) in [7, 11) is 1.60. The van der Waals surface area contributed by atoms with Crippen molar-refractivity contribution in [3.8, 4) is 5.75 Å². The van der Waals surface area contributed by atoms with Crippen molar-refractivity contribution >= 4 is 22.8 Å². The van der Waals surface area contributed by atoms with Gasteiger partial charge in [0.25, 0.3) is 0 Å². The number of aliphatic carboxylic acids is 1. The second-order valence-electron chi connectivity index (χ2n) is 6.65. The molecule has 0 aliphatic heterocycles. The summed E-state index contributed by atoms with van der Waals surface area (Å²) in [4.78, 5) is 25.1. The van der Waals surface area contributed by atoms with E-state index in [0.29, 0.717) is 17.9 Å². The van der Waals surface area contributed by atoms with E-state index in [1.54, 1.807) is 19.4 Å². The first-order valence-electron chi connectivity index (χ1n) is 8.79. The van der Waals surface area contributed by atoms with Crippen molar-refractivity contribution in [1.29, 1.82) is 0 Å². The molecule has 1 aliphatic carbocycles. The summed E-state index contributed by atoms with van der Waals surface area (Å²) in [6, 6.07) is 5.87. The number of furan rings is 1. The Balaban J connectivity index is 1.52. The Hall–Kier alpha value is -2.54. The van der Waals surface area contributed by atoms with E-state index in [1.807, 2.05) is 24.0 Å². The smallest absolute Gasteiger partial charge is 0.317 e. The highest BCUT2D eigenvalue weighted by Crippen LogP contribution is 2.27. The third kappa shape index (κ3) is 3.99. The quantitative estimate of drug-likeness (QED) is 0.748. The number of rotatable bonds is 8. The van der Waals surface area contributed by atoms with E-state index in [0.717, 1.165) is 23.8 Å². The first-order valence-corrected chi connectivity index (χ1v) is 8.79. The van der Waals surface area contributed by atoms with Gasteiger partial charge in [-0.25, -0.2) is 0 Å². The van der Waals surface area contributed by atoms with Crippen molar-refractivity contribution in [3.63, 3.8) is 0 Å². The van der Waals surface area contributed by atoms with Crippen LogP contribution in [-0.2, 0) is 16.0 Å². The molecule has 0 radical (unpaired) electrons. The lowest BCUT2D eigenvalue weighted by Gasteiger charge is -2.42. The highest BCUT2D eigenvalue weighted by atomic mass is 16.5. The number of nitrogens with zero attached hydrogens (tertiary/aromatic N) is 1. The highest BCUT2D eigenvalue weighted by Gasteiger charge is 2.34. The van der Waals surface area contributed by atoms with E-state index in [2.05, 4.69) is 5.32 Å². The molecule has 0 atom stereocenters. The first-order chi connectivity index (χ1) is 12.5. The number of fused-ring (bicyclic) bond motifs is 1. The van der Waals surface area contributed by atoms with E-state index in [9.17, 15) is 9.59 Å². The zero-order valence-corrected chi connectivity index (χ0v) is 15.0. The molecule has 2 N–H and O–H groups in total. The molecular formula is C19H24N2O5. The number of hydrogen-bond acceptors (Lipinski definition) is 5. The molecule has 1 saturated carbocycles. The lowest BCUT2D eigenvalue weighted by molar-refractivity contribution is -0.139. The molecule has 2 aromatic rings. The summed E-state index contributed by atoms with van der Waals surface area (Å²) in [5.74, 6) is -0.152. The van der Waals surface area contributed by atoms with Crippen LogP contribution in [-0.4, -0.2) is 54.2 Å². The average molecular weight is 360 g/mol. The largest absolute Gasteiger partial charge is 0.497 e. The minimum absolute atomic E-state index is 0.0479. The molecule has 7 heteroatoms. The second-order valence-corrected chi connectivity index (χ2v) is 6.65. The molecule has 1 fully saturated rings. The van der Waals surface area contributed by atoms with E-state index in [-0.39, 0.29) is 31.0 Å². The van der Waals surface area contributed by atoms with Crippen LogP contribution in [0, 0.1) is 0 Å². The maximum atomic E-state index is 12.3. The normalized spacial score (nSPS) is 19.3. The third-order valence-corrected chi connectivity index (χ3v) is 4.95. The minimum Gasteiger partial charge on any atom is -0.497 e. The van der Waals surface area contributed by atoms with Crippen molar-refractivity contribution in [3.05, 3.63) is 30.0 Å². The molecule has 1 heterocycles. The molecule has 0 saturated heterocycles. The molecule has 7 nitrogen and oxygen atoms in total. The Labute approximate surface area is 151 Å². The number of nitrogens with one attached hydrogen (secondary N) is 1. The van der Waals surface area contributed by atoms with Gasteiger partial charge in [0.2, 0.25) is 5.91 Å². The van der Waals surface area contributed by atoms with Gasteiger partial charge in [-0.05, 0) is 31.5 Å². The molecule has 0 spiro atoms. The van der Waals surface area contributed by atoms with E-state index >= 15 is 0 Å². The van der Waals surface area contributed by atoms with Gasteiger partial charge in [0.1, 0.15) is 11.3 Å². The van der Waals surface area contributed by atoms with Crippen LogP contribution < -0.4 is 10.1 Å². The number of hydrogen-bond donors (Lipinski definition) is 2. The fourth-order valence-corrected chi connectivity index (χ4v) is 3.46. The molecular weight excluding hydrogens is 336 g/mol. The van der Waals surface area contributed by atoms with Crippen LogP contribution in [0.15, 0.2) is 28.9 Å². The fourth-order valence-electron chi connectivity index (χ4n) is 3.46. The fraction of sp³-hybridized carbons (Fsp3) is 0.474. The second kappa shape index (κ2) is 7.78. The highest BCUT2D eigenvalue weighted by molar-refractivity contribution is 5.88. The number of carboxylic acid groups (broad SMARTS) is 1. The summed E-state index contributed by atoms with van der Waals surface area (Å²) in [5.41, 5.74) is 1.54. The molecule has 1 amide bonds. The van der Waals surface area contributed by atoms with Gasteiger partial charge in [0.15, 0.2) is 0 Å². The minimum atomic E-state index is -0.817. The van der Waals surface area contributed by atoms with Crippen LogP contribution >= 0.6 is 0 Å². The molecule has 26 heavy (non-hydrogen) atoms. The van der Waals surface area contributed by atoms with Crippen molar-refractivity contribution in [2.24, 2.45) is 0 Å². The molecule has 1 aliphatic rings. The summed E-state index contributed by atoms with van der Waals surface area (Å²) >= 11 is 0. The number of ether oxygens (including phenoxy) is 1. The van der Waals surface area contributed by atoms with E-state index in [1.165, 1.54) is 0 Å². The van der Waals surface area contributed by atoms with Crippen LogP contribution in [0.1, 0.15) is 25.3 Å². The maximum absolute atomic E-state index is 12.3. The number of methoxy groups -OCH3 is 1. The van der Waals surface area contributed by atoms with Crippen LogP contribution in [0.4, 0.5) is 0 Å². The average Bonchev–Trinajstić information content (AvgIpc) is 2.97. The number of carbonyl (C=O) groups excluding carboxylic acids is 1. The number of likely N-dealkylation sites (N-methyl/N-ethyl adjacent to an activating group) is 1. The third-order valence-electron chi connectivity index (χ3n) is 4.95. The number of carboxylic acids is 1. The van der Waals surface area contributed by atoms with Crippen LogP contribution in [0.2, 0.25) is 0 Å². The summed E-state index contributed by atoms with van der Waals surface area (Å²) in [6.45, 7) is 2.70. The van der Waals surface area contributed by atoms with E-state index in [4.69, 9.17) is 14.3 Å². The summed E-state index contributed by atoms with van der Waals surface area (Å²) < 4.78 is 10.7. The Morgan fingerprint density at radius 1 is 1.38 bits per heavy atom. The number of benzene rings is 1. The van der Waals surface area contributed by atoms with Gasteiger partial charge in [-0.1, -0.05) is 6.92 Å². The first kappa shape index (κ1) is 18.3. The van der Waals surface area contributed by atoms with Gasteiger partial charge < -0.3 is 19.6 Å². The Morgan fingerprint density at radius 2 is 2.15 bits per heavy atom. The predicted octanol–water partition coefficient (Wildman–Crippen LogP) is 2.04. The van der Waals surface area contributed by atoms with Gasteiger partial charge in [-0.15, -0.1) is 0 Å². The van der Waals surface area contributed by atoms with Crippen molar-refractivity contribution in [2.45, 2.75) is 38.3 Å². The maximum Gasteiger partial charge on any atom is 0.317 e. The monoisotopic (exact) mass is 360 g/mol. The molecule has 140 valence electrons. The van der Waals surface area contributed by atoms with Crippen molar-refractivity contribution in [1.82, 2.24) is 10.2 Å². The lowest BCUT2D eigenvalue weighted by atomic mass is 9.85. The molecule has 1 aromatic carbocycles. The zero-order valence-electron chi connectivity index (χ0n) is 15.0. The molecule has 1 aromatic heterocycles. The molecule has 3 rings (SSSR count). The van der Waals surface area contributed by atoms with Crippen molar-refractivity contribution < 1.29 is 23.8 Å². The molecule has 0 unspecified atom stereocenters. The SMILES string of the molecule is CCN(CC(=O)O)C1CC(NC(=O)Cc2coc3cc(OC)ccc23)C1. The van der Waals surface area contributed by atoms with Gasteiger partial charge in [0, 0.05) is 29.1 Å². The van der Waals surface area contributed by atoms with Crippen LogP contribution in [0.3, 0.4) is 0 Å². The van der Waals surface area contributed by atoms with Gasteiger partial charge >= 0.3 is 5.97 Å². The van der Waals surface area contributed by atoms with Crippen molar-refractivity contribution in [2.75, 3.05) is 20.2 Å². The number of carbonyl (C=O) groups is 2. The predicted molar refractivity (Wildman–Crippen MR) is 96.3 cm³/mol. The van der Waals surface area contributed by atoms with Crippen LogP contribution in [0.25, 0.3) is 11.0 Å². The Kier molecular flexibility index (Phi) is 5.46. The summed E-state index contributed by atoms with van der Waals surface area (Å²) in [6.07, 6.45) is 3.44. The van der Waals surface area contributed by atoms with Crippen LogP contribution in [0.5, 0.6) is 5.75 Å². The van der Waals surface area contributed by atoms with Gasteiger partial charge in [0.05, 0.1) is 26.3 Å². The van der Waals surface area contributed by atoms with E-state index < -0.39 is 5.97 Å². The standard InChI is InChI=1S/C19H24N2O5/c1-3-21(10-19(23)24)14-7-13(8-14)20-18(22)6-12-11-26-17-9-15(25-2)4-5-16(12)17/h4-5,9,11,13-14H,3,6-8,10H2,1-2H3,(H,20,22)(H,23,24). The van der Waals surface area contributed by atoms with Gasteiger partial charge in [-0.2, -0.15) is 0 Å². The van der Waals surface area contributed by atoms with Gasteiger partial charge in [-0.3, -0.25) is 14.5 Å². The molecule has 0 bridgehead atoms. The summed E-state index contributed by atoms with van der Waals surface area (Å²) in [5, 5.41) is 12.9. The zero-order chi connectivity index (χ0) is 18.7. The number of amides is 1. The Morgan fingerprint density at radius 3 is 2.81 bits per heavy atom.